The number of hydrogen-bond acceptors (Lipinski definition) is 6. The standard InChI is InChI=1S/C21H15N3O4/c25-20(13-24-14-23-18-6-2-1-5-17(18)21(24)26)28-16-10-8-15(9-11-16)27-19-7-3-4-12-22-19/h1-12,14H,13H2. The summed E-state index contributed by atoms with van der Waals surface area (Å²) in [5, 5.41) is 0.453. The molecular weight excluding hydrogens is 358 g/mol. The van der Waals surface area contributed by atoms with Crippen molar-refractivity contribution in [3.63, 3.8) is 0 Å². The Kier molecular flexibility index (Phi) is 4.79. The lowest BCUT2D eigenvalue weighted by Crippen LogP contribution is -2.26. The maximum atomic E-state index is 12.4. The summed E-state index contributed by atoms with van der Waals surface area (Å²) >= 11 is 0. The number of aromatic nitrogens is 3. The number of hydrogen-bond donors (Lipinski definition) is 0. The molecule has 7 nitrogen and oxygen atoms in total. The molecule has 0 atom stereocenters. The van der Waals surface area contributed by atoms with E-state index >= 15 is 0 Å². The minimum Gasteiger partial charge on any atom is -0.439 e. The van der Waals surface area contributed by atoms with Crippen LogP contribution in [0, 0.1) is 0 Å². The molecule has 2 aromatic heterocycles. The topological polar surface area (TPSA) is 83.3 Å². The summed E-state index contributed by atoms with van der Waals surface area (Å²) in [7, 11) is 0. The molecule has 0 aliphatic carbocycles. The first-order valence-electron chi connectivity index (χ1n) is 8.53. The summed E-state index contributed by atoms with van der Waals surface area (Å²) in [5.74, 6) is 0.807. The van der Waals surface area contributed by atoms with Gasteiger partial charge in [-0.25, -0.2) is 14.8 Å². The number of pyridine rings is 1. The molecule has 2 heterocycles. The third-order valence-electron chi connectivity index (χ3n) is 3.95. The van der Waals surface area contributed by atoms with Gasteiger partial charge in [-0.3, -0.25) is 9.36 Å². The number of fused-ring (bicyclic) bond motifs is 1. The molecule has 0 aliphatic rings. The molecule has 0 saturated carbocycles. The van der Waals surface area contributed by atoms with E-state index in [1.807, 2.05) is 6.07 Å². The second-order valence-electron chi connectivity index (χ2n) is 5.91. The van der Waals surface area contributed by atoms with Crippen molar-refractivity contribution in [3.8, 4) is 17.4 Å². The highest BCUT2D eigenvalue weighted by Crippen LogP contribution is 2.22. The summed E-state index contributed by atoms with van der Waals surface area (Å²) in [6.07, 6.45) is 2.98. The first kappa shape index (κ1) is 17.4. The van der Waals surface area contributed by atoms with Crippen molar-refractivity contribution >= 4 is 16.9 Å². The molecule has 0 N–H and O–H groups in total. The van der Waals surface area contributed by atoms with E-state index in [4.69, 9.17) is 9.47 Å². The maximum Gasteiger partial charge on any atom is 0.331 e. The van der Waals surface area contributed by atoms with Gasteiger partial charge >= 0.3 is 5.97 Å². The Morgan fingerprint density at radius 3 is 2.43 bits per heavy atom. The van der Waals surface area contributed by atoms with Crippen LogP contribution < -0.4 is 15.0 Å². The first-order chi connectivity index (χ1) is 13.7. The van der Waals surface area contributed by atoms with Gasteiger partial charge in [0.05, 0.1) is 17.2 Å². The van der Waals surface area contributed by atoms with Crippen LogP contribution in [-0.4, -0.2) is 20.5 Å². The number of benzene rings is 2. The molecular formula is C21H15N3O4. The van der Waals surface area contributed by atoms with Gasteiger partial charge in [0, 0.05) is 12.3 Å². The minimum absolute atomic E-state index is 0.233. The van der Waals surface area contributed by atoms with Gasteiger partial charge in [-0.1, -0.05) is 18.2 Å². The van der Waals surface area contributed by atoms with Gasteiger partial charge in [0.2, 0.25) is 5.88 Å². The van der Waals surface area contributed by atoms with Crippen molar-refractivity contribution in [1.82, 2.24) is 14.5 Å². The highest BCUT2D eigenvalue weighted by atomic mass is 16.5. The smallest absolute Gasteiger partial charge is 0.331 e. The Bertz CT molecular complexity index is 1170. The van der Waals surface area contributed by atoms with E-state index in [2.05, 4.69) is 9.97 Å². The molecule has 0 fully saturated rings. The Hall–Kier alpha value is -4.00. The van der Waals surface area contributed by atoms with Crippen LogP contribution in [0.2, 0.25) is 0 Å². The van der Waals surface area contributed by atoms with Crippen LogP contribution in [0.1, 0.15) is 0 Å². The first-order valence-corrected chi connectivity index (χ1v) is 8.53. The molecule has 0 radical (unpaired) electrons. The van der Waals surface area contributed by atoms with E-state index in [1.54, 1.807) is 66.9 Å². The summed E-state index contributed by atoms with van der Waals surface area (Å²) in [5.41, 5.74) is 0.294. The van der Waals surface area contributed by atoms with E-state index in [9.17, 15) is 9.59 Å². The van der Waals surface area contributed by atoms with Gasteiger partial charge in [0.15, 0.2) is 0 Å². The molecule has 0 saturated heterocycles. The largest absolute Gasteiger partial charge is 0.439 e. The molecule has 0 aliphatic heterocycles. The highest BCUT2D eigenvalue weighted by molar-refractivity contribution is 5.78. The van der Waals surface area contributed by atoms with Crippen molar-refractivity contribution in [1.29, 1.82) is 0 Å². The fourth-order valence-electron chi connectivity index (χ4n) is 2.63. The maximum absolute atomic E-state index is 12.4. The number of carbonyl (C=O) groups excluding carboxylic acids is 1. The Labute approximate surface area is 159 Å². The lowest BCUT2D eigenvalue weighted by Gasteiger charge is -2.08. The van der Waals surface area contributed by atoms with Gasteiger partial charge in [0.1, 0.15) is 18.0 Å². The zero-order chi connectivity index (χ0) is 19.3. The number of para-hydroxylation sites is 1. The Balaban J connectivity index is 1.43. The van der Waals surface area contributed by atoms with Gasteiger partial charge in [-0.05, 0) is 42.5 Å². The zero-order valence-electron chi connectivity index (χ0n) is 14.7. The SMILES string of the molecule is O=C(Cn1cnc2ccccc2c1=O)Oc1ccc(Oc2ccccn2)cc1. The van der Waals surface area contributed by atoms with E-state index in [1.165, 1.54) is 10.9 Å². The molecule has 2 aromatic carbocycles. The number of nitrogens with zero attached hydrogens (tertiary/aromatic N) is 3. The third kappa shape index (κ3) is 3.88. The lowest BCUT2D eigenvalue weighted by atomic mass is 10.2. The lowest BCUT2D eigenvalue weighted by molar-refractivity contribution is -0.135. The van der Waals surface area contributed by atoms with Crippen LogP contribution in [0.4, 0.5) is 0 Å². The summed E-state index contributed by atoms with van der Waals surface area (Å²) in [6, 6.07) is 18.9. The molecule has 138 valence electrons. The van der Waals surface area contributed by atoms with E-state index in [-0.39, 0.29) is 12.1 Å². The predicted octanol–water partition coefficient (Wildman–Crippen LogP) is 3.19. The van der Waals surface area contributed by atoms with Gasteiger partial charge in [-0.2, -0.15) is 0 Å². The van der Waals surface area contributed by atoms with Crippen LogP contribution in [-0.2, 0) is 11.3 Å². The monoisotopic (exact) mass is 373 g/mol. The normalized spacial score (nSPS) is 10.6. The van der Waals surface area contributed by atoms with Gasteiger partial charge < -0.3 is 9.47 Å². The highest BCUT2D eigenvalue weighted by Gasteiger charge is 2.10. The number of ether oxygens (including phenoxy) is 2. The van der Waals surface area contributed by atoms with Crippen molar-refractivity contribution in [2.75, 3.05) is 0 Å². The second-order valence-corrected chi connectivity index (χ2v) is 5.91. The van der Waals surface area contributed by atoms with Crippen molar-refractivity contribution in [2.24, 2.45) is 0 Å². The average molecular weight is 373 g/mol. The van der Waals surface area contributed by atoms with Crippen LogP contribution in [0.15, 0.2) is 84.0 Å². The van der Waals surface area contributed by atoms with Crippen LogP contribution in [0.3, 0.4) is 0 Å². The molecule has 28 heavy (non-hydrogen) atoms. The molecule has 0 unspecified atom stereocenters. The van der Waals surface area contributed by atoms with Crippen molar-refractivity contribution in [3.05, 3.63) is 89.6 Å². The van der Waals surface area contributed by atoms with Gasteiger partial charge in [0.25, 0.3) is 5.56 Å². The Morgan fingerprint density at radius 1 is 0.893 bits per heavy atom. The summed E-state index contributed by atoms with van der Waals surface area (Å²) in [6.45, 7) is -0.233. The van der Waals surface area contributed by atoms with Gasteiger partial charge in [-0.15, -0.1) is 0 Å². The summed E-state index contributed by atoms with van der Waals surface area (Å²) < 4.78 is 12.1. The molecule has 7 heteroatoms. The third-order valence-corrected chi connectivity index (χ3v) is 3.95. The minimum atomic E-state index is -0.572. The molecule has 0 bridgehead atoms. The van der Waals surface area contributed by atoms with Crippen LogP contribution in [0.25, 0.3) is 10.9 Å². The zero-order valence-corrected chi connectivity index (χ0v) is 14.7. The fourth-order valence-corrected chi connectivity index (χ4v) is 2.63. The number of carbonyl (C=O) groups is 1. The van der Waals surface area contributed by atoms with Crippen LogP contribution in [0.5, 0.6) is 17.4 Å². The van der Waals surface area contributed by atoms with Crippen molar-refractivity contribution < 1.29 is 14.3 Å². The average Bonchev–Trinajstić information content (AvgIpc) is 2.72. The number of esters is 1. The van der Waals surface area contributed by atoms with E-state index in [0.29, 0.717) is 28.3 Å². The molecule has 0 spiro atoms. The molecule has 0 amide bonds. The number of rotatable bonds is 5. The van der Waals surface area contributed by atoms with E-state index < -0.39 is 5.97 Å². The molecule has 4 rings (SSSR count). The van der Waals surface area contributed by atoms with Crippen molar-refractivity contribution in [2.45, 2.75) is 6.54 Å². The molecule has 4 aromatic rings. The Morgan fingerprint density at radius 2 is 1.64 bits per heavy atom. The fraction of sp³-hybridized carbons (Fsp3) is 0.0476. The predicted molar refractivity (Wildman–Crippen MR) is 102 cm³/mol. The van der Waals surface area contributed by atoms with E-state index in [0.717, 1.165) is 0 Å². The quantitative estimate of drug-likeness (QED) is 0.395. The second kappa shape index (κ2) is 7.71. The van der Waals surface area contributed by atoms with Crippen LogP contribution >= 0.6 is 0 Å². The summed E-state index contributed by atoms with van der Waals surface area (Å²) in [4.78, 5) is 32.9.